The highest BCUT2D eigenvalue weighted by Crippen LogP contribution is 2.35. The second kappa shape index (κ2) is 5.54. The van der Waals surface area contributed by atoms with Crippen molar-refractivity contribution in [3.8, 4) is 0 Å². The molecule has 1 atom stereocenters. The van der Waals surface area contributed by atoms with Crippen molar-refractivity contribution >= 4 is 34.4 Å². The van der Waals surface area contributed by atoms with Gasteiger partial charge in [0.1, 0.15) is 11.4 Å². The van der Waals surface area contributed by atoms with E-state index in [4.69, 9.17) is 4.99 Å². The summed E-state index contributed by atoms with van der Waals surface area (Å²) in [6, 6.07) is 25.4. The number of nitrogens with zero attached hydrogens (tertiary/aromatic N) is 1. The number of rotatable bonds is 1. The minimum absolute atomic E-state index is 0.131. The lowest BCUT2D eigenvalue weighted by atomic mass is 9.90. The van der Waals surface area contributed by atoms with Gasteiger partial charge in [-0.3, -0.25) is 10.1 Å². The third-order valence-electron chi connectivity index (χ3n) is 4.83. The van der Waals surface area contributed by atoms with Crippen molar-refractivity contribution in [2.45, 2.75) is 5.66 Å². The van der Waals surface area contributed by atoms with Gasteiger partial charge in [0.25, 0.3) is 5.66 Å². The van der Waals surface area contributed by atoms with E-state index < -0.39 is 5.66 Å². The Hall–Kier alpha value is -3.44. The molecule has 3 aromatic carbocycles. The lowest BCUT2D eigenvalue weighted by Gasteiger charge is -2.38. The zero-order chi connectivity index (χ0) is 17.6. The Balaban J connectivity index is 1.74. The van der Waals surface area contributed by atoms with Crippen LogP contribution in [-0.4, -0.2) is 17.3 Å². The molecule has 0 fully saturated rings. The molecular weight excluding hydrogens is 324 g/mol. The third-order valence-corrected chi connectivity index (χ3v) is 4.83. The number of nitrogens with one attached hydrogen (secondary N) is 2. The van der Waals surface area contributed by atoms with Gasteiger partial charge >= 0.3 is 5.91 Å². The molecule has 1 spiro atoms. The molecule has 3 aromatic rings. The van der Waals surface area contributed by atoms with Gasteiger partial charge < -0.3 is 10.6 Å². The minimum Gasteiger partial charge on any atom is -0.318 e. The number of hydrogen-bond acceptors (Lipinski definition) is 3. The summed E-state index contributed by atoms with van der Waals surface area (Å²) >= 11 is 0. The fourth-order valence-electron chi connectivity index (χ4n) is 3.57. The van der Waals surface area contributed by atoms with Gasteiger partial charge in [-0.05, 0) is 18.2 Å². The second-order valence-electron chi connectivity index (χ2n) is 6.46. The van der Waals surface area contributed by atoms with E-state index in [1.54, 1.807) is 0 Å². The van der Waals surface area contributed by atoms with Crippen molar-refractivity contribution in [2.75, 3.05) is 10.6 Å². The average molecular weight is 341 g/mol. The zero-order valence-electron chi connectivity index (χ0n) is 13.9. The molecule has 0 saturated carbocycles. The van der Waals surface area contributed by atoms with Crippen molar-refractivity contribution < 1.29 is 10.1 Å². The average Bonchev–Trinajstić information content (AvgIpc) is 2.69. The van der Waals surface area contributed by atoms with E-state index in [0.717, 1.165) is 28.3 Å². The van der Waals surface area contributed by atoms with Crippen LogP contribution in [0.25, 0.3) is 0 Å². The first-order valence-corrected chi connectivity index (χ1v) is 8.54. The summed E-state index contributed by atoms with van der Waals surface area (Å²) < 4.78 is 0. The molecule has 126 valence electrons. The van der Waals surface area contributed by atoms with Crippen LogP contribution >= 0.6 is 0 Å². The molecule has 2 heterocycles. The molecule has 0 aromatic heterocycles. The van der Waals surface area contributed by atoms with Gasteiger partial charge in [0.2, 0.25) is 0 Å². The summed E-state index contributed by atoms with van der Waals surface area (Å²) in [5, 5.41) is 8.47. The summed E-state index contributed by atoms with van der Waals surface area (Å²) in [5.41, 5.74) is 4.03. The van der Waals surface area contributed by atoms with Crippen molar-refractivity contribution in [1.82, 2.24) is 0 Å². The Morgan fingerprint density at radius 3 is 2.35 bits per heavy atom. The lowest BCUT2D eigenvalue weighted by Crippen LogP contribution is -3.02. The highest BCUT2D eigenvalue weighted by atomic mass is 16.2. The minimum atomic E-state index is -1.05. The van der Waals surface area contributed by atoms with Crippen LogP contribution in [0.15, 0.2) is 83.9 Å². The van der Waals surface area contributed by atoms with Crippen LogP contribution in [-0.2, 0) is 4.79 Å². The fourth-order valence-corrected chi connectivity index (χ4v) is 3.57. The van der Waals surface area contributed by atoms with E-state index in [0.29, 0.717) is 5.71 Å². The first kappa shape index (κ1) is 14.9. The topological polar surface area (TPSA) is 70.1 Å². The molecule has 26 heavy (non-hydrogen) atoms. The standard InChI is InChI=1S/C21H16N4O/c26-20-21(25-18-13-7-5-11-16(18)23-20)19(14-8-2-1-3-9-14)22-15-10-4-6-12-17(15)24-21/h1-13,24-25H,(H,23,26)/p+1. The third kappa shape index (κ3) is 2.14. The van der Waals surface area contributed by atoms with Crippen LogP contribution in [0, 0.1) is 0 Å². The number of quaternary nitrogens is 1. The van der Waals surface area contributed by atoms with Gasteiger partial charge in [-0.1, -0.05) is 54.6 Å². The van der Waals surface area contributed by atoms with Gasteiger partial charge in [-0.15, -0.1) is 0 Å². The highest BCUT2D eigenvalue weighted by molar-refractivity contribution is 6.26. The van der Waals surface area contributed by atoms with E-state index in [1.165, 1.54) is 0 Å². The predicted octanol–water partition coefficient (Wildman–Crippen LogP) is 2.78. The zero-order valence-corrected chi connectivity index (χ0v) is 13.9. The van der Waals surface area contributed by atoms with Crippen molar-refractivity contribution in [3.05, 3.63) is 84.4 Å². The summed E-state index contributed by atoms with van der Waals surface area (Å²) in [6.45, 7) is 0. The normalized spacial score (nSPS) is 20.5. The molecule has 5 nitrogen and oxygen atoms in total. The molecule has 4 N–H and O–H groups in total. The molecule has 5 rings (SSSR count). The largest absolute Gasteiger partial charge is 0.318 e. The molecule has 2 aliphatic heterocycles. The van der Waals surface area contributed by atoms with E-state index in [1.807, 2.05) is 84.2 Å². The van der Waals surface area contributed by atoms with E-state index in [2.05, 4.69) is 10.6 Å². The van der Waals surface area contributed by atoms with Crippen molar-refractivity contribution in [3.63, 3.8) is 0 Å². The first-order valence-electron chi connectivity index (χ1n) is 8.54. The highest BCUT2D eigenvalue weighted by Gasteiger charge is 2.53. The Kier molecular flexibility index (Phi) is 3.17. The van der Waals surface area contributed by atoms with Crippen LogP contribution < -0.4 is 16.0 Å². The number of fused-ring (bicyclic) bond motifs is 2. The summed E-state index contributed by atoms with van der Waals surface area (Å²) in [6.07, 6.45) is 0. The fraction of sp³-hybridized carbons (Fsp3) is 0.0476. The maximum Gasteiger partial charge on any atom is 0.315 e. The molecule has 5 heteroatoms. The lowest BCUT2D eigenvalue weighted by molar-refractivity contribution is -0.612. The molecular formula is C21H17N4O+. The first-order chi connectivity index (χ1) is 12.8. The van der Waals surface area contributed by atoms with Crippen molar-refractivity contribution in [1.29, 1.82) is 0 Å². The molecule has 0 saturated heterocycles. The van der Waals surface area contributed by atoms with Crippen LogP contribution in [0.1, 0.15) is 5.56 Å². The van der Waals surface area contributed by atoms with Crippen LogP contribution in [0.3, 0.4) is 0 Å². The van der Waals surface area contributed by atoms with Gasteiger partial charge in [-0.2, -0.15) is 0 Å². The number of carbonyl (C=O) groups is 1. The number of benzene rings is 3. The van der Waals surface area contributed by atoms with E-state index in [9.17, 15) is 4.79 Å². The van der Waals surface area contributed by atoms with Crippen LogP contribution in [0.2, 0.25) is 0 Å². The molecule has 0 bridgehead atoms. The predicted molar refractivity (Wildman–Crippen MR) is 102 cm³/mol. The number of amides is 1. The number of hydrogen-bond donors (Lipinski definition) is 3. The summed E-state index contributed by atoms with van der Waals surface area (Å²) in [7, 11) is 0. The number of aliphatic imine (C=N–C) groups is 1. The van der Waals surface area contributed by atoms with Gasteiger partial charge in [-0.25, -0.2) is 4.99 Å². The van der Waals surface area contributed by atoms with Gasteiger partial charge in [0, 0.05) is 11.6 Å². The SMILES string of the molecule is O=C1Nc2ccccc2[NH2+]C12Nc1ccccc1N=C2c1ccccc1. The molecule has 0 radical (unpaired) electrons. The Bertz CT molecular complexity index is 1040. The van der Waals surface area contributed by atoms with Crippen molar-refractivity contribution in [2.24, 2.45) is 4.99 Å². The van der Waals surface area contributed by atoms with E-state index in [-0.39, 0.29) is 5.91 Å². The maximum absolute atomic E-state index is 13.2. The summed E-state index contributed by atoms with van der Waals surface area (Å²) in [4.78, 5) is 18.1. The summed E-state index contributed by atoms with van der Waals surface area (Å²) in [5.74, 6) is -0.131. The number of anilines is 2. The Labute approximate surface area is 150 Å². The molecule has 1 unspecified atom stereocenters. The monoisotopic (exact) mass is 341 g/mol. The molecule has 0 aliphatic carbocycles. The second-order valence-corrected chi connectivity index (χ2v) is 6.46. The van der Waals surface area contributed by atoms with E-state index >= 15 is 0 Å². The number of para-hydroxylation sites is 4. The molecule has 1 amide bonds. The van der Waals surface area contributed by atoms with Gasteiger partial charge in [0.15, 0.2) is 5.69 Å². The molecule has 2 aliphatic rings. The Morgan fingerprint density at radius 2 is 1.50 bits per heavy atom. The number of carbonyl (C=O) groups excluding carboxylic acids is 1. The quantitative estimate of drug-likeness (QED) is 0.596. The van der Waals surface area contributed by atoms with Crippen LogP contribution in [0.5, 0.6) is 0 Å². The Morgan fingerprint density at radius 1 is 0.808 bits per heavy atom. The van der Waals surface area contributed by atoms with Gasteiger partial charge in [0.05, 0.1) is 11.4 Å². The number of nitrogens with two attached hydrogens (primary N) is 1. The maximum atomic E-state index is 13.2. The smallest absolute Gasteiger partial charge is 0.315 e. The van der Waals surface area contributed by atoms with Crippen LogP contribution in [0.4, 0.5) is 22.7 Å².